The molecule has 0 amide bonds. The molecule has 172 valence electrons. The number of nitrogens with one attached hydrogen (secondary N) is 1. The van der Waals surface area contributed by atoms with Crippen molar-refractivity contribution in [3.63, 3.8) is 0 Å². The van der Waals surface area contributed by atoms with Crippen LogP contribution in [0.1, 0.15) is 0 Å². The Bertz CT molecular complexity index is 1260. The van der Waals surface area contributed by atoms with Gasteiger partial charge in [-0.1, -0.05) is 23.9 Å². The Morgan fingerprint density at radius 1 is 1.31 bits per heavy atom. The van der Waals surface area contributed by atoms with E-state index in [9.17, 15) is 19.6 Å². The van der Waals surface area contributed by atoms with Crippen molar-refractivity contribution < 1.29 is 33.8 Å². The molecule has 0 saturated carbocycles. The number of fused-ring (bicyclic) bond motifs is 1. The maximum Gasteiger partial charge on any atom is 0.469 e. The van der Waals surface area contributed by atoms with Crippen molar-refractivity contribution in [1.82, 2.24) is 19.5 Å². The van der Waals surface area contributed by atoms with Crippen molar-refractivity contribution in [2.75, 3.05) is 18.1 Å². The fourth-order valence-electron chi connectivity index (χ4n) is 3.30. The van der Waals surface area contributed by atoms with Crippen LogP contribution in [0.15, 0.2) is 40.3 Å². The largest absolute Gasteiger partial charge is 0.469 e. The molecule has 1 aliphatic heterocycles. The Hall–Kier alpha value is -2.49. The number of H-pyrrole nitrogens is 1. The predicted molar refractivity (Wildman–Crippen MR) is 112 cm³/mol. The molecule has 16 heteroatoms. The van der Waals surface area contributed by atoms with Crippen molar-refractivity contribution in [3.8, 4) is 0 Å². The summed E-state index contributed by atoms with van der Waals surface area (Å²) in [5.41, 5.74) is 11.2. The summed E-state index contributed by atoms with van der Waals surface area (Å²) in [4.78, 5) is 41.1. The Morgan fingerprint density at radius 2 is 2.03 bits per heavy atom. The summed E-state index contributed by atoms with van der Waals surface area (Å²) >= 11 is 0.882. The second-order valence-corrected chi connectivity index (χ2v) is 9.35. The third kappa shape index (κ3) is 4.00. The van der Waals surface area contributed by atoms with Gasteiger partial charge >= 0.3 is 7.82 Å². The molecule has 9 N–H and O–H groups in total. The molecule has 1 saturated heterocycles. The molecule has 0 bridgehead atoms. The number of para-hydroxylation sites is 1. The van der Waals surface area contributed by atoms with E-state index in [1.54, 1.807) is 24.3 Å². The van der Waals surface area contributed by atoms with E-state index in [0.29, 0.717) is 10.6 Å². The number of imidazole rings is 1. The van der Waals surface area contributed by atoms with Crippen LogP contribution in [-0.2, 0) is 18.9 Å². The first-order chi connectivity index (χ1) is 15.0. The van der Waals surface area contributed by atoms with E-state index in [-0.39, 0.29) is 17.1 Å². The zero-order valence-electron chi connectivity index (χ0n) is 16.1. The first-order valence-electron chi connectivity index (χ1n) is 9.03. The smallest absolute Gasteiger partial charge is 0.398 e. The number of hydrogen-bond acceptors (Lipinski definition) is 11. The van der Waals surface area contributed by atoms with Gasteiger partial charge < -0.3 is 36.2 Å². The number of nitrogens with zero attached hydrogens (tertiary/aromatic N) is 3. The molecule has 0 spiro atoms. The van der Waals surface area contributed by atoms with E-state index >= 15 is 0 Å². The summed E-state index contributed by atoms with van der Waals surface area (Å²) in [6.45, 7) is -0.738. The molecule has 14 nitrogen and oxygen atoms in total. The normalized spacial score (nSPS) is 26.1. The molecule has 0 unspecified atom stereocenters. The summed E-state index contributed by atoms with van der Waals surface area (Å²) < 4.78 is 22.7. The lowest BCUT2D eigenvalue weighted by Gasteiger charge is -2.33. The third-order valence-electron chi connectivity index (χ3n) is 4.74. The summed E-state index contributed by atoms with van der Waals surface area (Å²) in [5.74, 6) is -0.224. The van der Waals surface area contributed by atoms with E-state index in [1.807, 2.05) is 0 Å². The van der Waals surface area contributed by atoms with Gasteiger partial charge in [0, 0.05) is 10.6 Å². The van der Waals surface area contributed by atoms with Gasteiger partial charge in [-0.2, -0.15) is 4.98 Å². The summed E-state index contributed by atoms with van der Waals surface area (Å²) in [7, 11) is -4.89. The fourth-order valence-corrected chi connectivity index (χ4v) is 4.95. The highest BCUT2D eigenvalue weighted by atomic mass is 32.2. The van der Waals surface area contributed by atoms with Gasteiger partial charge in [0.25, 0.3) is 5.56 Å². The predicted octanol–water partition coefficient (Wildman–Crippen LogP) is -1.08. The molecule has 32 heavy (non-hydrogen) atoms. The van der Waals surface area contributed by atoms with E-state index in [4.69, 9.17) is 26.0 Å². The number of ether oxygens (including phenoxy) is 1. The average Bonchev–Trinajstić information content (AvgIpc) is 3.23. The van der Waals surface area contributed by atoms with E-state index < -0.39 is 43.4 Å². The molecule has 1 aromatic carbocycles. The van der Waals surface area contributed by atoms with E-state index in [2.05, 4.69) is 19.5 Å². The van der Waals surface area contributed by atoms with E-state index in [1.165, 1.54) is 10.9 Å². The standard InChI is InChI=1S/C16H19N6O8PS/c17-7-3-1-2-4-9(7)32-16(12(24)11(23)8(30-16)5-29-31(26,27)28)22-6-19-10-13(22)20-15(18)21-14(10)25/h1-4,6,8,11-12,23-24H,5,17H2,(H2,26,27,28)(H3,18,20,21,25)/t8-,11-,12-,16+/m1/s1. The number of nitrogens with two attached hydrogens (primary N) is 2. The van der Waals surface area contributed by atoms with E-state index in [0.717, 1.165) is 11.8 Å². The lowest BCUT2D eigenvalue weighted by molar-refractivity contribution is -0.0768. The van der Waals surface area contributed by atoms with Crippen molar-refractivity contribution >= 4 is 42.4 Å². The number of hydrogen-bond donors (Lipinski definition) is 7. The average molecular weight is 486 g/mol. The number of aromatic nitrogens is 4. The highest BCUT2D eigenvalue weighted by Gasteiger charge is 2.57. The highest BCUT2D eigenvalue weighted by molar-refractivity contribution is 8.00. The molecule has 0 aliphatic carbocycles. The molecule has 3 heterocycles. The number of aliphatic hydroxyl groups is 2. The zero-order valence-corrected chi connectivity index (χ0v) is 17.8. The monoisotopic (exact) mass is 486 g/mol. The van der Waals surface area contributed by atoms with Crippen LogP contribution in [0.4, 0.5) is 11.6 Å². The number of aromatic amines is 1. The Labute approximate surface area is 183 Å². The summed E-state index contributed by atoms with van der Waals surface area (Å²) in [6, 6.07) is 6.62. The zero-order chi connectivity index (χ0) is 23.3. The van der Waals surface area contributed by atoms with Crippen molar-refractivity contribution in [2.24, 2.45) is 0 Å². The molecule has 3 aromatic rings. The number of benzene rings is 1. The number of phosphoric ester groups is 1. The van der Waals surface area contributed by atoms with Crippen molar-refractivity contribution in [2.45, 2.75) is 28.3 Å². The molecule has 1 aliphatic rings. The van der Waals surface area contributed by atoms with Gasteiger partial charge in [-0.25, -0.2) is 9.55 Å². The van der Waals surface area contributed by atoms with Crippen LogP contribution in [-0.4, -0.2) is 64.4 Å². The Morgan fingerprint density at radius 3 is 2.72 bits per heavy atom. The molecule has 0 radical (unpaired) electrons. The van der Waals surface area contributed by atoms with Gasteiger partial charge in [0.05, 0.1) is 6.61 Å². The van der Waals surface area contributed by atoms with Crippen LogP contribution in [0, 0.1) is 0 Å². The van der Waals surface area contributed by atoms with Crippen LogP contribution in [0.3, 0.4) is 0 Å². The van der Waals surface area contributed by atoms with Crippen molar-refractivity contribution in [3.05, 3.63) is 40.9 Å². The second-order valence-electron chi connectivity index (χ2n) is 6.89. The van der Waals surface area contributed by atoms with Gasteiger partial charge in [0.15, 0.2) is 11.2 Å². The topological polar surface area (TPSA) is 232 Å². The van der Waals surface area contributed by atoms with Gasteiger partial charge in [-0.05, 0) is 12.1 Å². The number of aliphatic hydroxyl groups excluding tert-OH is 2. The Kier molecular flexibility index (Phi) is 5.77. The van der Waals surface area contributed by atoms with Crippen molar-refractivity contribution in [1.29, 1.82) is 0 Å². The lowest BCUT2D eigenvalue weighted by Crippen LogP contribution is -2.43. The molecule has 4 rings (SSSR count). The van der Waals surface area contributed by atoms with Crippen LogP contribution < -0.4 is 17.0 Å². The second kappa shape index (κ2) is 8.13. The van der Waals surface area contributed by atoms with Crippen LogP contribution in [0.5, 0.6) is 0 Å². The minimum absolute atomic E-state index is 0.0592. The number of nitrogen functional groups attached to an aromatic ring is 2. The quantitative estimate of drug-likeness (QED) is 0.162. The SMILES string of the molecule is Nc1nc2c(ncn2[C@]2(Sc3ccccc3N)O[C@H](COP(=O)(O)O)[C@@H](O)[C@H]2O)c(=O)[nH]1. The molecular weight excluding hydrogens is 467 g/mol. The fraction of sp³-hybridized carbons (Fsp3) is 0.312. The molecule has 2 aromatic heterocycles. The maximum atomic E-state index is 12.2. The Balaban J connectivity index is 1.86. The lowest BCUT2D eigenvalue weighted by atomic mass is 10.1. The molecule has 1 fully saturated rings. The van der Waals surface area contributed by atoms with Gasteiger partial charge in [0.2, 0.25) is 11.0 Å². The van der Waals surface area contributed by atoms with Crippen LogP contribution >= 0.6 is 19.6 Å². The molecule has 4 atom stereocenters. The van der Waals surface area contributed by atoms with Crippen LogP contribution in [0.25, 0.3) is 11.2 Å². The highest BCUT2D eigenvalue weighted by Crippen LogP contribution is 2.50. The minimum Gasteiger partial charge on any atom is -0.398 e. The number of phosphoric acid groups is 1. The number of anilines is 2. The third-order valence-corrected chi connectivity index (χ3v) is 6.65. The van der Waals surface area contributed by atoms with Crippen LogP contribution in [0.2, 0.25) is 0 Å². The molecular formula is C16H19N6O8PS. The summed E-state index contributed by atoms with van der Waals surface area (Å²) in [5, 5.41) is 19.8. The first-order valence-corrected chi connectivity index (χ1v) is 11.4. The number of thioether (sulfide) groups is 1. The minimum atomic E-state index is -4.89. The summed E-state index contributed by atoms with van der Waals surface area (Å²) in [6.07, 6.45) is -3.54. The number of rotatable bonds is 6. The van der Waals surface area contributed by atoms with Gasteiger partial charge in [0.1, 0.15) is 24.6 Å². The van der Waals surface area contributed by atoms with Gasteiger partial charge in [-0.15, -0.1) is 0 Å². The van der Waals surface area contributed by atoms with Gasteiger partial charge in [-0.3, -0.25) is 18.9 Å². The first kappa shape index (κ1) is 22.7. The maximum absolute atomic E-state index is 12.2.